The molecule has 3 rings (SSSR count). The van der Waals surface area contributed by atoms with Gasteiger partial charge in [0.1, 0.15) is 0 Å². The monoisotopic (exact) mass is 244 g/mol. The minimum Gasteiger partial charge on any atom is -0.408 e. The van der Waals surface area contributed by atoms with Gasteiger partial charge in [0.25, 0.3) is 0 Å². The summed E-state index contributed by atoms with van der Waals surface area (Å²) in [6.45, 7) is 4.34. The number of aromatic nitrogens is 1. The number of carbonyl (C=O) groups excluding carboxylic acids is 1. The Morgan fingerprint density at radius 2 is 2.28 bits per heavy atom. The Labute approximate surface area is 103 Å². The van der Waals surface area contributed by atoms with Crippen molar-refractivity contribution >= 4 is 22.7 Å². The molecule has 0 spiro atoms. The van der Waals surface area contributed by atoms with Crippen LogP contribution in [0.15, 0.2) is 40.1 Å². The van der Waals surface area contributed by atoms with Gasteiger partial charge in [-0.15, -0.1) is 6.58 Å². The lowest BCUT2D eigenvalue weighted by molar-refractivity contribution is -0.117. The van der Waals surface area contributed by atoms with Crippen LogP contribution in [0.4, 0.5) is 5.69 Å². The minimum atomic E-state index is -0.487. The van der Waals surface area contributed by atoms with Crippen molar-refractivity contribution in [3.8, 4) is 0 Å². The van der Waals surface area contributed by atoms with Crippen LogP contribution in [-0.4, -0.2) is 17.4 Å². The van der Waals surface area contributed by atoms with E-state index in [4.69, 9.17) is 4.42 Å². The van der Waals surface area contributed by atoms with Crippen LogP contribution in [0.2, 0.25) is 0 Å². The largest absolute Gasteiger partial charge is 0.417 e. The summed E-state index contributed by atoms with van der Waals surface area (Å²) in [7, 11) is 0. The highest BCUT2D eigenvalue weighted by molar-refractivity contribution is 5.97. The topological polar surface area (TPSA) is 66.3 Å². The van der Waals surface area contributed by atoms with E-state index in [1.54, 1.807) is 29.2 Å². The maximum atomic E-state index is 11.9. The lowest BCUT2D eigenvalue weighted by atomic mass is 10.1. The molecule has 5 heteroatoms. The molecule has 18 heavy (non-hydrogen) atoms. The molecule has 5 nitrogen and oxygen atoms in total. The van der Waals surface area contributed by atoms with Crippen LogP contribution in [0, 0.1) is 5.92 Å². The van der Waals surface area contributed by atoms with Crippen molar-refractivity contribution in [3.05, 3.63) is 41.4 Å². The minimum absolute atomic E-state index is 0.0668. The smallest absolute Gasteiger partial charge is 0.408 e. The normalized spacial score (nSPS) is 19.7. The van der Waals surface area contributed by atoms with Crippen molar-refractivity contribution in [2.45, 2.75) is 6.42 Å². The summed E-state index contributed by atoms with van der Waals surface area (Å²) >= 11 is 0. The molecule has 1 aromatic heterocycles. The highest BCUT2D eigenvalue weighted by atomic mass is 16.4. The number of hydrogen-bond donors (Lipinski definition) is 1. The van der Waals surface area contributed by atoms with E-state index in [-0.39, 0.29) is 11.8 Å². The Morgan fingerprint density at radius 1 is 1.44 bits per heavy atom. The number of nitrogens with one attached hydrogen (secondary N) is 1. The molecule has 1 aliphatic rings. The number of H-pyrrole nitrogens is 1. The third-order valence-corrected chi connectivity index (χ3v) is 3.20. The molecule has 1 amide bonds. The molecule has 0 saturated carbocycles. The predicted molar refractivity (Wildman–Crippen MR) is 67.5 cm³/mol. The van der Waals surface area contributed by atoms with Gasteiger partial charge in [-0.2, -0.15) is 0 Å². The third kappa shape index (κ3) is 1.64. The number of oxazole rings is 1. The summed E-state index contributed by atoms with van der Waals surface area (Å²) in [5, 5.41) is 0. The Hall–Kier alpha value is -2.30. The van der Waals surface area contributed by atoms with Gasteiger partial charge in [0.15, 0.2) is 5.58 Å². The summed E-state index contributed by atoms with van der Waals surface area (Å²) in [4.78, 5) is 27.2. The standard InChI is InChI=1S/C13H12N2O3/c1-2-8-5-12(16)15(7-8)9-3-4-10-11(6-9)18-13(17)14-10/h2-4,6,8H,1,5,7H2,(H,14,17). The third-order valence-electron chi connectivity index (χ3n) is 3.20. The molecule has 1 saturated heterocycles. The van der Waals surface area contributed by atoms with Gasteiger partial charge < -0.3 is 9.32 Å². The lowest BCUT2D eigenvalue weighted by Gasteiger charge is -2.15. The molecule has 2 aromatic rings. The van der Waals surface area contributed by atoms with Crippen molar-refractivity contribution in [3.63, 3.8) is 0 Å². The molecule has 1 atom stereocenters. The Bertz CT molecular complexity index is 683. The fourth-order valence-electron chi connectivity index (χ4n) is 2.24. The summed E-state index contributed by atoms with van der Waals surface area (Å²) in [5.41, 5.74) is 1.85. The van der Waals surface area contributed by atoms with E-state index >= 15 is 0 Å². The van der Waals surface area contributed by atoms with Crippen molar-refractivity contribution in [2.75, 3.05) is 11.4 Å². The van der Waals surface area contributed by atoms with Crippen molar-refractivity contribution in [2.24, 2.45) is 5.92 Å². The number of anilines is 1. The highest BCUT2D eigenvalue weighted by Gasteiger charge is 2.28. The van der Waals surface area contributed by atoms with Crippen LogP contribution >= 0.6 is 0 Å². The van der Waals surface area contributed by atoms with E-state index in [1.165, 1.54) is 0 Å². The van der Waals surface area contributed by atoms with E-state index in [9.17, 15) is 9.59 Å². The molecule has 92 valence electrons. The van der Waals surface area contributed by atoms with Gasteiger partial charge in [0.2, 0.25) is 5.91 Å². The average Bonchev–Trinajstić information content (AvgIpc) is 2.89. The van der Waals surface area contributed by atoms with Gasteiger partial charge in [-0.25, -0.2) is 4.79 Å². The van der Waals surface area contributed by atoms with Crippen LogP contribution < -0.4 is 10.7 Å². The first-order valence-electron chi connectivity index (χ1n) is 5.73. The maximum Gasteiger partial charge on any atom is 0.417 e. The van der Waals surface area contributed by atoms with Gasteiger partial charge in [-0.05, 0) is 12.1 Å². The lowest BCUT2D eigenvalue weighted by Crippen LogP contribution is -2.24. The summed E-state index contributed by atoms with van der Waals surface area (Å²) < 4.78 is 4.99. The number of hydrogen-bond acceptors (Lipinski definition) is 3. The van der Waals surface area contributed by atoms with Crippen LogP contribution in [0.25, 0.3) is 11.1 Å². The Morgan fingerprint density at radius 3 is 3.00 bits per heavy atom. The SMILES string of the molecule is C=CC1CC(=O)N(c2ccc3[nH]c(=O)oc3c2)C1. The number of benzene rings is 1. The molecule has 1 fully saturated rings. The van der Waals surface area contributed by atoms with E-state index < -0.39 is 5.76 Å². The second-order valence-electron chi connectivity index (χ2n) is 4.40. The van der Waals surface area contributed by atoms with E-state index in [0.29, 0.717) is 24.1 Å². The van der Waals surface area contributed by atoms with E-state index in [1.807, 2.05) is 0 Å². The number of carbonyl (C=O) groups is 1. The molecule has 0 bridgehead atoms. The van der Waals surface area contributed by atoms with Crippen LogP contribution in [-0.2, 0) is 4.79 Å². The number of rotatable bonds is 2. The quantitative estimate of drug-likeness (QED) is 0.817. The van der Waals surface area contributed by atoms with Crippen LogP contribution in [0.1, 0.15) is 6.42 Å². The van der Waals surface area contributed by atoms with Gasteiger partial charge in [-0.3, -0.25) is 9.78 Å². The molecule has 1 aromatic carbocycles. The number of amides is 1. The highest BCUT2D eigenvalue weighted by Crippen LogP contribution is 2.27. The molecular formula is C13H12N2O3. The second-order valence-corrected chi connectivity index (χ2v) is 4.40. The van der Waals surface area contributed by atoms with Crippen LogP contribution in [0.3, 0.4) is 0 Å². The first-order valence-corrected chi connectivity index (χ1v) is 5.73. The van der Waals surface area contributed by atoms with Crippen LogP contribution in [0.5, 0.6) is 0 Å². The molecule has 1 aliphatic heterocycles. The van der Waals surface area contributed by atoms with Gasteiger partial charge in [0, 0.05) is 30.6 Å². The first-order chi connectivity index (χ1) is 8.67. The molecule has 0 aliphatic carbocycles. The zero-order chi connectivity index (χ0) is 12.7. The number of nitrogens with zero attached hydrogens (tertiary/aromatic N) is 1. The van der Waals surface area contributed by atoms with Gasteiger partial charge >= 0.3 is 5.76 Å². The van der Waals surface area contributed by atoms with Gasteiger partial charge in [-0.1, -0.05) is 6.08 Å². The fraction of sp³-hybridized carbons (Fsp3) is 0.231. The van der Waals surface area contributed by atoms with Gasteiger partial charge in [0.05, 0.1) is 5.52 Å². The fourth-order valence-corrected chi connectivity index (χ4v) is 2.24. The average molecular weight is 244 g/mol. The maximum absolute atomic E-state index is 11.9. The van der Waals surface area contributed by atoms with E-state index in [0.717, 1.165) is 5.69 Å². The molecule has 1 N–H and O–H groups in total. The summed E-state index contributed by atoms with van der Waals surface area (Å²) in [6.07, 6.45) is 2.28. The van der Waals surface area contributed by atoms with Crippen molar-refractivity contribution < 1.29 is 9.21 Å². The van der Waals surface area contributed by atoms with Crippen molar-refractivity contribution in [1.82, 2.24) is 4.98 Å². The first kappa shape index (κ1) is 10.8. The van der Waals surface area contributed by atoms with Crippen molar-refractivity contribution in [1.29, 1.82) is 0 Å². The summed E-state index contributed by atoms with van der Waals surface area (Å²) in [5.74, 6) is -0.234. The molecule has 2 heterocycles. The predicted octanol–water partition coefficient (Wildman–Crippen LogP) is 1.66. The number of aromatic amines is 1. The second kappa shape index (κ2) is 3.87. The zero-order valence-electron chi connectivity index (χ0n) is 9.68. The molecule has 1 unspecified atom stereocenters. The Kier molecular flexibility index (Phi) is 2.33. The number of fused-ring (bicyclic) bond motifs is 1. The zero-order valence-corrected chi connectivity index (χ0v) is 9.68. The summed E-state index contributed by atoms with van der Waals surface area (Å²) in [6, 6.07) is 5.25. The van der Waals surface area contributed by atoms with E-state index in [2.05, 4.69) is 11.6 Å². The molecule has 0 radical (unpaired) electrons. The molecular weight excluding hydrogens is 232 g/mol. The Balaban J connectivity index is 2.01.